The Bertz CT molecular complexity index is 580. The molecule has 1 rings (SSSR count). The van der Waals surface area contributed by atoms with Gasteiger partial charge in [-0.05, 0) is 38.5 Å². The smallest absolute Gasteiger partial charge is 0.444 e. The normalized spacial score (nSPS) is 12.0. The summed E-state index contributed by atoms with van der Waals surface area (Å²) in [4.78, 5) is 22.8. The number of carbonyl (C=O) groups excluding carboxylic acids is 2. The molecule has 0 radical (unpaired) electrons. The van der Waals surface area contributed by atoms with Gasteiger partial charge in [0.05, 0.1) is 0 Å². The van der Waals surface area contributed by atoms with Gasteiger partial charge in [-0.15, -0.1) is 0 Å². The second-order valence-corrected chi connectivity index (χ2v) is 5.96. The standard InChI is InChI=1S/C14H15ClF3NO3/c1-13(2,3)22-12(21)19-10-7-9(15)5-4-8(10)6-11(20)14(16,17)18/h4-5,7H,6H2,1-3H3,(H,19,21). The zero-order valence-electron chi connectivity index (χ0n) is 12.2. The van der Waals surface area contributed by atoms with Crippen molar-refractivity contribution in [3.63, 3.8) is 0 Å². The van der Waals surface area contributed by atoms with Gasteiger partial charge in [-0.25, -0.2) is 4.79 Å². The van der Waals surface area contributed by atoms with Crippen LogP contribution in [0, 0.1) is 0 Å². The van der Waals surface area contributed by atoms with Crippen molar-refractivity contribution in [2.45, 2.75) is 39.0 Å². The molecular formula is C14H15ClF3NO3. The number of hydrogen-bond donors (Lipinski definition) is 1. The number of carbonyl (C=O) groups is 2. The molecule has 0 unspecified atom stereocenters. The largest absolute Gasteiger partial charge is 0.450 e. The van der Waals surface area contributed by atoms with Gasteiger partial charge in [0.1, 0.15) is 5.60 Å². The Morgan fingerprint density at radius 3 is 2.32 bits per heavy atom. The Morgan fingerprint density at radius 1 is 1.23 bits per heavy atom. The van der Waals surface area contributed by atoms with Gasteiger partial charge in [0, 0.05) is 17.1 Å². The molecule has 0 spiro atoms. The summed E-state index contributed by atoms with van der Waals surface area (Å²) >= 11 is 5.76. The fourth-order valence-corrected chi connectivity index (χ4v) is 1.68. The van der Waals surface area contributed by atoms with Crippen molar-refractivity contribution in [3.8, 4) is 0 Å². The van der Waals surface area contributed by atoms with Crippen LogP contribution in [0.4, 0.5) is 23.7 Å². The number of benzene rings is 1. The monoisotopic (exact) mass is 337 g/mol. The molecule has 8 heteroatoms. The van der Waals surface area contributed by atoms with Crippen molar-refractivity contribution >= 4 is 29.2 Å². The van der Waals surface area contributed by atoms with Crippen LogP contribution >= 0.6 is 11.6 Å². The molecule has 0 aliphatic rings. The van der Waals surface area contributed by atoms with Gasteiger partial charge >= 0.3 is 12.3 Å². The topological polar surface area (TPSA) is 55.4 Å². The predicted octanol–water partition coefficient (Wildman–Crippen LogP) is 4.36. The van der Waals surface area contributed by atoms with E-state index in [0.717, 1.165) is 0 Å². The van der Waals surface area contributed by atoms with Crippen molar-refractivity contribution in [2.75, 3.05) is 5.32 Å². The Hall–Kier alpha value is -1.76. The first-order chi connectivity index (χ1) is 9.88. The van der Waals surface area contributed by atoms with Crippen molar-refractivity contribution in [3.05, 3.63) is 28.8 Å². The molecule has 0 saturated heterocycles. The molecule has 1 aromatic carbocycles. The molecule has 122 valence electrons. The third-order valence-corrected chi connectivity index (χ3v) is 2.61. The number of amides is 1. The van der Waals surface area contributed by atoms with E-state index >= 15 is 0 Å². The highest BCUT2D eigenvalue weighted by Gasteiger charge is 2.38. The number of rotatable bonds is 3. The van der Waals surface area contributed by atoms with Gasteiger partial charge in [-0.3, -0.25) is 10.1 Å². The predicted molar refractivity (Wildman–Crippen MR) is 76.1 cm³/mol. The lowest BCUT2D eigenvalue weighted by molar-refractivity contribution is -0.170. The summed E-state index contributed by atoms with van der Waals surface area (Å²) < 4.78 is 42.0. The number of ether oxygens (including phenoxy) is 1. The Labute approximate surface area is 130 Å². The second kappa shape index (κ2) is 6.56. The lowest BCUT2D eigenvalue weighted by atomic mass is 10.1. The lowest BCUT2D eigenvalue weighted by Crippen LogP contribution is -2.28. The maximum Gasteiger partial charge on any atom is 0.450 e. The number of hydrogen-bond acceptors (Lipinski definition) is 3. The van der Waals surface area contributed by atoms with E-state index in [-0.39, 0.29) is 16.3 Å². The lowest BCUT2D eigenvalue weighted by Gasteiger charge is -2.20. The maximum atomic E-state index is 12.3. The van der Waals surface area contributed by atoms with Gasteiger partial charge < -0.3 is 4.74 Å². The highest BCUT2D eigenvalue weighted by atomic mass is 35.5. The highest BCUT2D eigenvalue weighted by molar-refractivity contribution is 6.31. The van der Waals surface area contributed by atoms with E-state index in [1.165, 1.54) is 18.2 Å². The van der Waals surface area contributed by atoms with Gasteiger partial charge in [-0.1, -0.05) is 17.7 Å². The van der Waals surface area contributed by atoms with Crippen molar-refractivity contribution in [1.82, 2.24) is 0 Å². The first kappa shape index (κ1) is 18.3. The van der Waals surface area contributed by atoms with Crippen LogP contribution in [0.3, 0.4) is 0 Å². The number of Topliss-reactive ketones (excluding diaryl/α,β-unsaturated/α-hetero) is 1. The van der Waals surface area contributed by atoms with Gasteiger partial charge in [0.2, 0.25) is 5.78 Å². The van der Waals surface area contributed by atoms with E-state index in [0.29, 0.717) is 0 Å². The summed E-state index contributed by atoms with van der Waals surface area (Å²) in [6, 6.07) is 3.84. The van der Waals surface area contributed by atoms with Crippen LogP contribution in [0.25, 0.3) is 0 Å². The number of nitrogens with one attached hydrogen (secondary N) is 1. The van der Waals surface area contributed by atoms with Crippen LogP contribution in [-0.4, -0.2) is 23.7 Å². The quantitative estimate of drug-likeness (QED) is 0.891. The minimum absolute atomic E-state index is 0.000602. The molecule has 4 nitrogen and oxygen atoms in total. The number of ketones is 1. The van der Waals surface area contributed by atoms with E-state index in [1.54, 1.807) is 20.8 Å². The van der Waals surface area contributed by atoms with Crippen LogP contribution in [-0.2, 0) is 16.0 Å². The molecule has 1 aromatic rings. The maximum absolute atomic E-state index is 12.3. The molecule has 0 aliphatic carbocycles. The average Bonchev–Trinajstić information content (AvgIpc) is 2.28. The fourth-order valence-electron chi connectivity index (χ4n) is 1.51. The summed E-state index contributed by atoms with van der Waals surface area (Å²) in [5, 5.41) is 2.50. The Morgan fingerprint density at radius 2 is 1.82 bits per heavy atom. The van der Waals surface area contributed by atoms with Gasteiger partial charge in [0.15, 0.2) is 0 Å². The first-order valence-corrected chi connectivity index (χ1v) is 6.65. The summed E-state index contributed by atoms with van der Waals surface area (Å²) in [6.45, 7) is 4.91. The first-order valence-electron chi connectivity index (χ1n) is 6.27. The third-order valence-electron chi connectivity index (χ3n) is 2.37. The third kappa shape index (κ3) is 5.93. The van der Waals surface area contributed by atoms with Crippen molar-refractivity contribution < 1.29 is 27.5 Å². The summed E-state index contributed by atoms with van der Waals surface area (Å²) in [5.74, 6) is -1.91. The van der Waals surface area contributed by atoms with E-state index in [9.17, 15) is 22.8 Å². The van der Waals surface area contributed by atoms with Crippen LogP contribution in [0.1, 0.15) is 26.3 Å². The summed E-state index contributed by atoms with van der Waals surface area (Å²) in [6.07, 6.45) is -6.69. The Balaban J connectivity index is 2.97. The summed E-state index contributed by atoms with van der Waals surface area (Å²) in [7, 11) is 0. The Kier molecular flexibility index (Phi) is 5.45. The van der Waals surface area contributed by atoms with E-state index in [4.69, 9.17) is 16.3 Å². The minimum atomic E-state index is -4.94. The molecule has 0 atom stereocenters. The molecule has 0 aliphatic heterocycles. The molecule has 0 aromatic heterocycles. The molecule has 1 N–H and O–H groups in total. The van der Waals surface area contributed by atoms with E-state index in [1.807, 2.05) is 0 Å². The van der Waals surface area contributed by atoms with Crippen molar-refractivity contribution in [1.29, 1.82) is 0 Å². The SMILES string of the molecule is CC(C)(C)OC(=O)Nc1cc(Cl)ccc1CC(=O)C(F)(F)F. The molecule has 0 fully saturated rings. The van der Waals surface area contributed by atoms with Crippen molar-refractivity contribution in [2.24, 2.45) is 0 Å². The van der Waals surface area contributed by atoms with Crippen LogP contribution in [0.5, 0.6) is 0 Å². The van der Waals surface area contributed by atoms with Gasteiger partial charge in [0.25, 0.3) is 0 Å². The van der Waals surface area contributed by atoms with Crippen LogP contribution < -0.4 is 5.32 Å². The number of alkyl halides is 3. The molecule has 1 amide bonds. The van der Waals surface area contributed by atoms with Crippen LogP contribution in [0.15, 0.2) is 18.2 Å². The highest BCUT2D eigenvalue weighted by Crippen LogP contribution is 2.26. The number of halogens is 4. The second-order valence-electron chi connectivity index (χ2n) is 5.53. The molecule has 0 bridgehead atoms. The molecule has 0 saturated carbocycles. The zero-order valence-corrected chi connectivity index (χ0v) is 12.9. The minimum Gasteiger partial charge on any atom is -0.444 e. The van der Waals surface area contributed by atoms with Crippen LogP contribution in [0.2, 0.25) is 5.02 Å². The average molecular weight is 338 g/mol. The van der Waals surface area contributed by atoms with Gasteiger partial charge in [-0.2, -0.15) is 13.2 Å². The molecule has 22 heavy (non-hydrogen) atoms. The summed E-state index contributed by atoms with van der Waals surface area (Å²) in [5.41, 5.74) is -0.776. The van der Waals surface area contributed by atoms with E-state index in [2.05, 4.69) is 5.32 Å². The number of anilines is 1. The molecular weight excluding hydrogens is 323 g/mol. The van der Waals surface area contributed by atoms with E-state index < -0.39 is 30.1 Å². The fraction of sp³-hybridized carbons (Fsp3) is 0.429. The molecule has 0 heterocycles. The zero-order chi connectivity index (χ0) is 17.1.